The quantitative estimate of drug-likeness (QED) is 0.551. The largest absolute Gasteiger partial charge is 0.349 e. The Morgan fingerprint density at radius 3 is 2.67 bits per heavy atom. The molecule has 0 spiro atoms. The second-order valence-corrected chi connectivity index (χ2v) is 6.89. The van der Waals surface area contributed by atoms with Gasteiger partial charge in [0.15, 0.2) is 11.5 Å². The number of aryl methyl sites for hydroxylation is 3. The van der Waals surface area contributed by atoms with E-state index >= 15 is 0 Å². The van der Waals surface area contributed by atoms with Crippen molar-refractivity contribution >= 4 is 22.6 Å². The first-order valence-electron chi connectivity index (χ1n) is 8.67. The summed E-state index contributed by atoms with van der Waals surface area (Å²) in [5.41, 5.74) is 2.45. The van der Waals surface area contributed by atoms with Gasteiger partial charge in [-0.3, -0.25) is 9.78 Å². The number of nitrogens with one attached hydrogen (secondary N) is 1. The molecule has 2 aromatic rings. The van der Waals surface area contributed by atoms with Crippen molar-refractivity contribution < 1.29 is 0 Å². The lowest BCUT2D eigenvalue weighted by Crippen LogP contribution is -2.29. The zero-order valence-corrected chi connectivity index (χ0v) is 15.5. The van der Waals surface area contributed by atoms with Crippen molar-refractivity contribution in [3.05, 3.63) is 79.5 Å². The van der Waals surface area contributed by atoms with Crippen LogP contribution in [0.5, 0.6) is 0 Å². The highest BCUT2D eigenvalue weighted by atomic mass is 35.5. The average Bonchev–Trinajstić information content (AvgIpc) is 2.64. The Balaban J connectivity index is 1.85. The van der Waals surface area contributed by atoms with E-state index in [1.807, 2.05) is 41.8 Å². The van der Waals surface area contributed by atoms with Gasteiger partial charge in [-0.25, -0.2) is 9.78 Å². The molecule has 1 N–H and O–H groups in total. The number of H-pyrrole nitrogens is 1. The Morgan fingerprint density at radius 1 is 1.11 bits per heavy atom. The molecule has 0 saturated heterocycles. The van der Waals surface area contributed by atoms with Crippen LogP contribution in [0.15, 0.2) is 52.1 Å². The molecule has 0 aliphatic carbocycles. The Bertz CT molecular complexity index is 1210. The summed E-state index contributed by atoms with van der Waals surface area (Å²) in [4.78, 5) is 34.6. The number of hydrogen-bond acceptors (Lipinski definition) is 4. The standard InChI is InChI=1S/C20H17ClN4O2/c1-12-10-15-16(11-14(12)21)25(9-5-8-13-6-3-2-4-7-13)18-17(22-15)19(26)24-20(27)23-18/h2-4,6-7,10-11H,5,8-9H2,1H3,(H,24,26,27). The fourth-order valence-corrected chi connectivity index (χ4v) is 3.39. The summed E-state index contributed by atoms with van der Waals surface area (Å²) in [6.45, 7) is 2.47. The van der Waals surface area contributed by atoms with Crippen molar-refractivity contribution in [2.24, 2.45) is 0 Å². The number of rotatable bonds is 4. The second kappa shape index (κ2) is 6.96. The number of halogens is 1. The highest BCUT2D eigenvalue weighted by Gasteiger charge is 2.19. The first-order chi connectivity index (χ1) is 13.0. The summed E-state index contributed by atoms with van der Waals surface area (Å²) >= 11 is 6.31. The van der Waals surface area contributed by atoms with E-state index in [0.717, 1.165) is 23.9 Å². The van der Waals surface area contributed by atoms with Gasteiger partial charge in [0.2, 0.25) is 0 Å². The zero-order valence-electron chi connectivity index (χ0n) is 14.7. The maximum atomic E-state index is 12.2. The summed E-state index contributed by atoms with van der Waals surface area (Å²) in [5.74, 6) is 0.282. The zero-order chi connectivity index (χ0) is 19.0. The van der Waals surface area contributed by atoms with Gasteiger partial charge >= 0.3 is 5.69 Å². The van der Waals surface area contributed by atoms with Gasteiger partial charge in [-0.2, -0.15) is 4.98 Å². The van der Waals surface area contributed by atoms with Crippen molar-refractivity contribution in [1.29, 1.82) is 0 Å². The number of hydrogen-bond donors (Lipinski definition) is 1. The number of nitrogens with zero attached hydrogens (tertiary/aromatic N) is 3. The van der Waals surface area contributed by atoms with Crippen molar-refractivity contribution in [3.8, 4) is 11.5 Å². The van der Waals surface area contributed by atoms with Crippen molar-refractivity contribution in [1.82, 2.24) is 19.5 Å². The van der Waals surface area contributed by atoms with Crippen LogP contribution in [-0.4, -0.2) is 19.5 Å². The van der Waals surface area contributed by atoms with Gasteiger partial charge in [-0.15, -0.1) is 0 Å². The van der Waals surface area contributed by atoms with Crippen LogP contribution < -0.4 is 11.2 Å². The maximum absolute atomic E-state index is 12.2. The molecule has 2 aliphatic rings. The molecular formula is C20H17ClN4O2. The van der Waals surface area contributed by atoms with E-state index in [2.05, 4.69) is 27.1 Å². The molecule has 0 amide bonds. The number of aromatic nitrogens is 4. The topological polar surface area (TPSA) is 80.6 Å². The third kappa shape index (κ3) is 3.36. The van der Waals surface area contributed by atoms with Crippen LogP contribution >= 0.6 is 11.6 Å². The van der Waals surface area contributed by atoms with Crippen LogP contribution in [0, 0.1) is 6.92 Å². The minimum absolute atomic E-state index is 0.156. The Kier molecular flexibility index (Phi) is 4.49. The molecule has 0 saturated carbocycles. The fourth-order valence-electron chi connectivity index (χ4n) is 3.23. The third-order valence-corrected chi connectivity index (χ3v) is 4.99. The lowest BCUT2D eigenvalue weighted by Gasteiger charge is -2.17. The van der Waals surface area contributed by atoms with Crippen LogP contribution in [0.4, 0.5) is 0 Å². The third-order valence-electron chi connectivity index (χ3n) is 4.58. The minimum Gasteiger partial charge on any atom is -0.322 e. The highest BCUT2D eigenvalue weighted by molar-refractivity contribution is 6.32. The normalized spacial score (nSPS) is 11.3. The number of aromatic amines is 1. The molecule has 0 aromatic heterocycles. The molecule has 0 bridgehead atoms. The van der Waals surface area contributed by atoms with Crippen LogP contribution in [0.3, 0.4) is 0 Å². The molecule has 2 aliphatic heterocycles. The molecule has 0 unspecified atom stereocenters. The summed E-state index contributed by atoms with van der Waals surface area (Å²) in [6.07, 6.45) is 1.68. The molecule has 6 nitrogen and oxygen atoms in total. The molecule has 0 fully saturated rings. The highest BCUT2D eigenvalue weighted by Crippen LogP contribution is 2.26. The molecule has 136 valence electrons. The Hall–Kier alpha value is -2.99. The molecule has 0 atom stereocenters. The molecule has 7 heteroatoms. The smallest absolute Gasteiger partial charge is 0.322 e. The summed E-state index contributed by atoms with van der Waals surface area (Å²) < 4.78 is 1.86. The van der Waals surface area contributed by atoms with E-state index < -0.39 is 11.2 Å². The first-order valence-corrected chi connectivity index (χ1v) is 9.05. The maximum Gasteiger partial charge on any atom is 0.349 e. The summed E-state index contributed by atoms with van der Waals surface area (Å²) in [7, 11) is 0. The number of benzene rings is 2. The molecular weight excluding hydrogens is 364 g/mol. The molecule has 2 aromatic carbocycles. The lowest BCUT2D eigenvalue weighted by atomic mass is 10.1. The molecule has 4 rings (SSSR count). The van der Waals surface area contributed by atoms with Crippen LogP contribution in [0.2, 0.25) is 5.02 Å². The Morgan fingerprint density at radius 2 is 1.89 bits per heavy atom. The predicted octanol–water partition coefficient (Wildman–Crippen LogP) is 3.18. The van der Waals surface area contributed by atoms with E-state index in [4.69, 9.17) is 11.6 Å². The average molecular weight is 381 g/mol. The van der Waals surface area contributed by atoms with E-state index in [-0.39, 0.29) is 11.5 Å². The van der Waals surface area contributed by atoms with Gasteiger partial charge in [-0.1, -0.05) is 41.9 Å². The van der Waals surface area contributed by atoms with E-state index in [9.17, 15) is 9.59 Å². The van der Waals surface area contributed by atoms with Gasteiger partial charge in [0.25, 0.3) is 5.56 Å². The Labute approximate surface area is 159 Å². The van der Waals surface area contributed by atoms with Crippen LogP contribution in [0.1, 0.15) is 17.5 Å². The van der Waals surface area contributed by atoms with Crippen LogP contribution in [0.25, 0.3) is 22.6 Å². The van der Waals surface area contributed by atoms with Gasteiger partial charge in [0, 0.05) is 11.6 Å². The monoisotopic (exact) mass is 380 g/mol. The van der Waals surface area contributed by atoms with Crippen molar-refractivity contribution in [2.75, 3.05) is 0 Å². The minimum atomic E-state index is -0.677. The predicted molar refractivity (Wildman–Crippen MR) is 106 cm³/mol. The molecule has 2 heterocycles. The van der Waals surface area contributed by atoms with E-state index in [1.54, 1.807) is 0 Å². The van der Waals surface area contributed by atoms with Gasteiger partial charge in [0.1, 0.15) is 0 Å². The van der Waals surface area contributed by atoms with Gasteiger partial charge in [0.05, 0.1) is 11.0 Å². The fraction of sp³-hybridized carbons (Fsp3) is 0.200. The second-order valence-electron chi connectivity index (χ2n) is 6.49. The summed E-state index contributed by atoms with van der Waals surface area (Å²) in [5, 5.41) is 0.604. The van der Waals surface area contributed by atoms with Gasteiger partial charge < -0.3 is 4.57 Å². The lowest BCUT2D eigenvalue weighted by molar-refractivity contribution is 0.649. The number of fused-ring (bicyclic) bond motifs is 2. The summed E-state index contributed by atoms with van der Waals surface area (Å²) in [6, 6.07) is 13.8. The molecule has 27 heavy (non-hydrogen) atoms. The molecule has 0 radical (unpaired) electrons. The van der Waals surface area contributed by atoms with E-state index in [0.29, 0.717) is 17.1 Å². The van der Waals surface area contributed by atoms with Crippen LogP contribution in [-0.2, 0) is 13.0 Å². The van der Waals surface area contributed by atoms with Gasteiger partial charge in [-0.05, 0) is 43.0 Å². The first kappa shape index (κ1) is 17.4. The van der Waals surface area contributed by atoms with E-state index in [1.165, 1.54) is 5.56 Å². The SMILES string of the molecule is Cc1cc2nc3c(=O)[nH]c(=O)nc-3n(CCCc3ccccc3)c2cc1Cl. The van der Waals surface area contributed by atoms with Crippen molar-refractivity contribution in [3.63, 3.8) is 0 Å². The van der Waals surface area contributed by atoms with Crippen molar-refractivity contribution in [2.45, 2.75) is 26.3 Å².